The molecule has 29 heavy (non-hydrogen) atoms. The van der Waals surface area contributed by atoms with Crippen LogP contribution in [-0.4, -0.2) is 66.2 Å². The summed E-state index contributed by atoms with van der Waals surface area (Å²) in [6, 6.07) is 7.23. The lowest BCUT2D eigenvalue weighted by Gasteiger charge is -2.34. The van der Waals surface area contributed by atoms with Crippen LogP contribution in [0.15, 0.2) is 29.6 Å². The van der Waals surface area contributed by atoms with E-state index in [1.54, 1.807) is 21.9 Å². The predicted molar refractivity (Wildman–Crippen MR) is 110 cm³/mol. The van der Waals surface area contributed by atoms with Gasteiger partial charge in [-0.3, -0.25) is 19.2 Å². The number of rotatable bonds is 7. The van der Waals surface area contributed by atoms with E-state index < -0.39 is 5.97 Å². The zero-order valence-corrected chi connectivity index (χ0v) is 17.7. The lowest BCUT2D eigenvalue weighted by Crippen LogP contribution is -2.51. The molecule has 1 aliphatic heterocycles. The Morgan fingerprint density at radius 2 is 1.69 bits per heavy atom. The minimum absolute atomic E-state index is 0.0240. The molecular formula is C20H22N2O5S2. The monoisotopic (exact) mass is 434 g/mol. The molecule has 154 valence electrons. The molecule has 2 aromatic rings. The molecule has 0 bridgehead atoms. The minimum Gasteiger partial charge on any atom is -0.456 e. The quantitative estimate of drug-likeness (QED) is 0.494. The highest BCUT2D eigenvalue weighted by Crippen LogP contribution is 2.18. The minimum atomic E-state index is -0.563. The molecular weight excluding hydrogens is 412 g/mol. The van der Waals surface area contributed by atoms with Gasteiger partial charge < -0.3 is 14.5 Å². The zero-order valence-electron chi connectivity index (χ0n) is 16.1. The molecule has 0 spiro atoms. The van der Waals surface area contributed by atoms with E-state index in [0.29, 0.717) is 35.9 Å². The van der Waals surface area contributed by atoms with Crippen molar-refractivity contribution in [2.45, 2.75) is 19.8 Å². The summed E-state index contributed by atoms with van der Waals surface area (Å²) >= 11 is 2.79. The number of hydrogen-bond acceptors (Lipinski definition) is 7. The maximum Gasteiger partial charge on any atom is 0.306 e. The average molecular weight is 435 g/mol. The fourth-order valence-electron chi connectivity index (χ4n) is 2.94. The van der Waals surface area contributed by atoms with Crippen LogP contribution in [0, 0.1) is 6.92 Å². The van der Waals surface area contributed by atoms with E-state index in [1.807, 2.05) is 24.4 Å². The fourth-order valence-corrected chi connectivity index (χ4v) is 4.47. The molecule has 0 aliphatic carbocycles. The van der Waals surface area contributed by atoms with Crippen molar-refractivity contribution < 1.29 is 23.9 Å². The van der Waals surface area contributed by atoms with Crippen molar-refractivity contribution >= 4 is 46.2 Å². The predicted octanol–water partition coefficient (Wildman–Crippen LogP) is 2.61. The van der Waals surface area contributed by atoms with Crippen molar-refractivity contribution in [1.29, 1.82) is 0 Å². The molecule has 9 heteroatoms. The number of ketones is 1. The summed E-state index contributed by atoms with van der Waals surface area (Å²) in [5.41, 5.74) is 0. The number of hydrogen-bond donors (Lipinski definition) is 0. The number of piperazine rings is 1. The van der Waals surface area contributed by atoms with Crippen LogP contribution in [0.2, 0.25) is 0 Å². The zero-order chi connectivity index (χ0) is 20.8. The van der Waals surface area contributed by atoms with Gasteiger partial charge in [0.05, 0.1) is 16.2 Å². The van der Waals surface area contributed by atoms with E-state index in [1.165, 1.54) is 22.7 Å². The Labute approximate surface area is 176 Å². The summed E-state index contributed by atoms with van der Waals surface area (Å²) in [6.45, 7) is 3.28. The molecule has 0 N–H and O–H groups in total. The first-order valence-corrected chi connectivity index (χ1v) is 11.0. The van der Waals surface area contributed by atoms with E-state index >= 15 is 0 Å². The highest BCUT2D eigenvalue weighted by atomic mass is 32.1. The van der Waals surface area contributed by atoms with Gasteiger partial charge in [0.1, 0.15) is 0 Å². The van der Waals surface area contributed by atoms with Gasteiger partial charge in [0.2, 0.25) is 0 Å². The first-order valence-electron chi connectivity index (χ1n) is 9.30. The van der Waals surface area contributed by atoms with E-state index in [4.69, 9.17) is 4.74 Å². The van der Waals surface area contributed by atoms with Gasteiger partial charge in [-0.2, -0.15) is 0 Å². The van der Waals surface area contributed by atoms with E-state index in [9.17, 15) is 19.2 Å². The van der Waals surface area contributed by atoms with Crippen molar-refractivity contribution in [2.24, 2.45) is 0 Å². The van der Waals surface area contributed by atoms with E-state index in [0.717, 1.165) is 4.88 Å². The second-order valence-electron chi connectivity index (χ2n) is 6.64. The topological polar surface area (TPSA) is 84.0 Å². The normalized spacial score (nSPS) is 14.0. The molecule has 0 unspecified atom stereocenters. The maximum atomic E-state index is 12.3. The Morgan fingerprint density at radius 1 is 0.966 bits per heavy atom. The van der Waals surface area contributed by atoms with Crippen LogP contribution in [0.5, 0.6) is 0 Å². The van der Waals surface area contributed by atoms with Crippen molar-refractivity contribution in [3.8, 4) is 0 Å². The van der Waals surface area contributed by atoms with E-state index in [2.05, 4.69) is 0 Å². The molecule has 0 aromatic carbocycles. The van der Waals surface area contributed by atoms with Crippen molar-refractivity contribution in [1.82, 2.24) is 9.80 Å². The lowest BCUT2D eigenvalue weighted by molar-refractivity contribution is -0.152. The number of esters is 1. The molecule has 0 atom stereocenters. The summed E-state index contributed by atoms with van der Waals surface area (Å²) in [7, 11) is 0. The molecule has 1 saturated heterocycles. The van der Waals surface area contributed by atoms with Gasteiger partial charge in [0, 0.05) is 37.5 Å². The highest BCUT2D eigenvalue weighted by Gasteiger charge is 2.25. The van der Waals surface area contributed by atoms with Crippen molar-refractivity contribution in [3.63, 3.8) is 0 Å². The number of thiophene rings is 2. The van der Waals surface area contributed by atoms with Crippen LogP contribution in [0.25, 0.3) is 0 Å². The Balaban J connectivity index is 1.36. The van der Waals surface area contributed by atoms with Crippen LogP contribution in [0.4, 0.5) is 0 Å². The number of nitrogens with zero attached hydrogens (tertiary/aromatic N) is 2. The van der Waals surface area contributed by atoms with Gasteiger partial charge in [-0.1, -0.05) is 6.07 Å². The Kier molecular flexibility index (Phi) is 7.16. The van der Waals surface area contributed by atoms with E-state index in [-0.39, 0.29) is 37.0 Å². The standard InChI is InChI=1S/C20H22N2O5S2/c1-14-4-6-16(29-14)15(23)5-7-19(25)27-13-18(24)21-8-10-22(11-9-21)20(26)17-3-2-12-28-17/h2-4,6,12H,5,7-11,13H2,1H3. The van der Waals surface area contributed by atoms with Crippen LogP contribution in [-0.2, 0) is 14.3 Å². The summed E-state index contributed by atoms with van der Waals surface area (Å²) in [6.07, 6.45) is 0.0165. The summed E-state index contributed by atoms with van der Waals surface area (Å²) in [5, 5.41) is 1.86. The van der Waals surface area contributed by atoms with Gasteiger partial charge in [-0.05, 0) is 30.5 Å². The summed E-state index contributed by atoms with van der Waals surface area (Å²) < 4.78 is 5.02. The SMILES string of the molecule is Cc1ccc(C(=O)CCC(=O)OCC(=O)N2CCN(C(=O)c3cccs3)CC2)s1. The Hall–Kier alpha value is -2.52. The number of carbonyl (C=O) groups excluding carboxylic acids is 4. The van der Waals surface area contributed by atoms with Gasteiger partial charge in [-0.25, -0.2) is 0 Å². The maximum absolute atomic E-state index is 12.3. The summed E-state index contributed by atoms with van der Waals surface area (Å²) in [5.74, 6) is -0.977. The third kappa shape index (κ3) is 5.74. The number of ether oxygens (including phenoxy) is 1. The molecule has 7 nitrogen and oxygen atoms in total. The number of Topliss-reactive ketones (excluding diaryl/α,β-unsaturated/α-hetero) is 1. The second-order valence-corrected chi connectivity index (χ2v) is 8.88. The van der Waals surface area contributed by atoms with Crippen LogP contribution >= 0.6 is 22.7 Å². The number of carbonyl (C=O) groups is 4. The second kappa shape index (κ2) is 9.80. The fraction of sp³-hybridized carbons (Fsp3) is 0.400. The number of amides is 2. The van der Waals surface area contributed by atoms with Gasteiger partial charge in [0.25, 0.3) is 11.8 Å². The highest BCUT2D eigenvalue weighted by molar-refractivity contribution is 7.14. The smallest absolute Gasteiger partial charge is 0.306 e. The van der Waals surface area contributed by atoms with Crippen LogP contribution < -0.4 is 0 Å². The molecule has 1 fully saturated rings. The molecule has 2 aromatic heterocycles. The largest absolute Gasteiger partial charge is 0.456 e. The summed E-state index contributed by atoms with van der Waals surface area (Å²) in [4.78, 5) is 54.1. The molecule has 2 amide bonds. The van der Waals surface area contributed by atoms with Crippen molar-refractivity contribution in [2.75, 3.05) is 32.8 Å². The number of aryl methyl sites for hydroxylation is 1. The average Bonchev–Trinajstić information content (AvgIpc) is 3.41. The van der Waals surface area contributed by atoms with Gasteiger partial charge in [-0.15, -0.1) is 22.7 Å². The molecule has 3 heterocycles. The molecule has 0 radical (unpaired) electrons. The Morgan fingerprint density at radius 3 is 2.31 bits per heavy atom. The molecule has 0 saturated carbocycles. The van der Waals surface area contributed by atoms with Crippen molar-refractivity contribution in [3.05, 3.63) is 44.3 Å². The van der Waals surface area contributed by atoms with Crippen LogP contribution in [0.1, 0.15) is 37.1 Å². The lowest BCUT2D eigenvalue weighted by atomic mass is 10.2. The molecule has 3 rings (SSSR count). The first-order chi connectivity index (χ1) is 13.9. The molecule has 1 aliphatic rings. The third-order valence-corrected chi connectivity index (χ3v) is 6.48. The van der Waals surface area contributed by atoms with Gasteiger partial charge >= 0.3 is 5.97 Å². The first kappa shape index (κ1) is 21.2. The van der Waals surface area contributed by atoms with Crippen LogP contribution in [0.3, 0.4) is 0 Å². The van der Waals surface area contributed by atoms with Gasteiger partial charge in [0.15, 0.2) is 12.4 Å². The Bertz CT molecular complexity index is 883. The third-order valence-electron chi connectivity index (χ3n) is 4.58.